The van der Waals surface area contributed by atoms with Crippen LogP contribution in [-0.4, -0.2) is 25.2 Å². The molecular weight excluding hydrogens is 166 g/mol. The Morgan fingerprint density at radius 1 is 1.62 bits per heavy atom. The van der Waals surface area contributed by atoms with Gasteiger partial charge in [0.05, 0.1) is 12.3 Å². The van der Waals surface area contributed by atoms with Crippen molar-refractivity contribution in [1.82, 2.24) is 4.98 Å². The fourth-order valence-corrected chi connectivity index (χ4v) is 0.982. The van der Waals surface area contributed by atoms with E-state index in [4.69, 9.17) is 10.5 Å². The molecule has 0 aliphatic carbocycles. The molecule has 1 aromatic rings. The first-order chi connectivity index (χ1) is 6.25. The second kappa shape index (κ2) is 4.67. The van der Waals surface area contributed by atoms with Gasteiger partial charge >= 0.3 is 0 Å². The average Bonchev–Trinajstić information content (AvgIpc) is 2.13. The minimum Gasteiger partial charge on any atom is -0.396 e. The molecule has 13 heavy (non-hydrogen) atoms. The molecule has 0 aromatic carbocycles. The number of pyridine rings is 1. The van der Waals surface area contributed by atoms with Gasteiger partial charge in [-0.1, -0.05) is 0 Å². The number of nitrogen functional groups attached to an aromatic ring is 1. The Balaban J connectivity index is 2.61. The van der Waals surface area contributed by atoms with E-state index < -0.39 is 0 Å². The zero-order valence-corrected chi connectivity index (χ0v) is 8.00. The number of aryl methyl sites for hydroxylation is 1. The van der Waals surface area contributed by atoms with Crippen molar-refractivity contribution in [2.24, 2.45) is 0 Å². The van der Waals surface area contributed by atoms with Gasteiger partial charge in [0, 0.05) is 19.9 Å². The van der Waals surface area contributed by atoms with Crippen LogP contribution in [0.25, 0.3) is 0 Å². The van der Waals surface area contributed by atoms with Crippen molar-refractivity contribution in [2.45, 2.75) is 6.92 Å². The number of nitrogens with one attached hydrogen (secondary N) is 1. The first-order valence-electron chi connectivity index (χ1n) is 4.19. The molecule has 1 heterocycles. The first kappa shape index (κ1) is 9.80. The number of rotatable bonds is 4. The molecule has 72 valence electrons. The Hall–Kier alpha value is -1.29. The molecule has 1 aromatic heterocycles. The number of hydrogen-bond donors (Lipinski definition) is 2. The Morgan fingerprint density at radius 2 is 2.38 bits per heavy atom. The predicted octanol–water partition coefficient (Wildman–Crippen LogP) is 1.03. The van der Waals surface area contributed by atoms with Gasteiger partial charge in [-0.25, -0.2) is 4.98 Å². The zero-order valence-electron chi connectivity index (χ0n) is 8.00. The smallest absolute Gasteiger partial charge is 0.149 e. The molecule has 4 heteroatoms. The lowest BCUT2D eigenvalue weighted by atomic mass is 10.2. The molecule has 0 aliphatic rings. The van der Waals surface area contributed by atoms with Crippen LogP contribution in [0.2, 0.25) is 0 Å². The molecule has 0 spiro atoms. The van der Waals surface area contributed by atoms with Crippen molar-refractivity contribution in [3.05, 3.63) is 17.8 Å². The number of nitrogens with zero attached hydrogens (tertiary/aromatic N) is 1. The fourth-order valence-electron chi connectivity index (χ4n) is 0.982. The molecule has 1 rings (SSSR count). The highest BCUT2D eigenvalue weighted by Gasteiger charge is 2.00. The molecule has 0 amide bonds. The van der Waals surface area contributed by atoms with Crippen LogP contribution in [0.3, 0.4) is 0 Å². The molecule has 3 N–H and O–H groups in total. The van der Waals surface area contributed by atoms with Crippen molar-refractivity contribution in [3.8, 4) is 0 Å². The quantitative estimate of drug-likeness (QED) is 0.681. The minimum atomic E-state index is 0.648. The highest BCUT2D eigenvalue weighted by atomic mass is 16.5. The van der Waals surface area contributed by atoms with Crippen LogP contribution < -0.4 is 11.1 Å². The van der Waals surface area contributed by atoms with Crippen LogP contribution in [0.15, 0.2) is 12.3 Å². The Labute approximate surface area is 78.1 Å². The van der Waals surface area contributed by atoms with Gasteiger partial charge in [-0.3, -0.25) is 0 Å². The molecule has 0 radical (unpaired) electrons. The van der Waals surface area contributed by atoms with E-state index in [0.29, 0.717) is 12.3 Å². The summed E-state index contributed by atoms with van der Waals surface area (Å²) >= 11 is 0. The maximum atomic E-state index is 5.80. The number of nitrogens with two attached hydrogens (primary N) is 1. The van der Waals surface area contributed by atoms with Gasteiger partial charge < -0.3 is 15.8 Å². The monoisotopic (exact) mass is 181 g/mol. The molecule has 4 nitrogen and oxygen atoms in total. The summed E-state index contributed by atoms with van der Waals surface area (Å²) in [6.45, 7) is 3.32. The second-order valence-electron chi connectivity index (χ2n) is 2.81. The number of aromatic nitrogens is 1. The molecule has 0 fully saturated rings. The van der Waals surface area contributed by atoms with E-state index in [9.17, 15) is 0 Å². The molecule has 0 unspecified atom stereocenters. The van der Waals surface area contributed by atoms with Crippen LogP contribution in [0.4, 0.5) is 11.5 Å². The normalized spacial score (nSPS) is 10.0. The van der Waals surface area contributed by atoms with Crippen LogP contribution in [0, 0.1) is 6.92 Å². The van der Waals surface area contributed by atoms with Crippen LogP contribution in [-0.2, 0) is 4.74 Å². The van der Waals surface area contributed by atoms with Crippen LogP contribution in [0.1, 0.15) is 5.56 Å². The standard InChI is InChI=1S/C9H15N3O/c1-7-3-4-11-9(8(7)10)12-5-6-13-2/h3-4H,5-6,10H2,1-2H3,(H,11,12). The summed E-state index contributed by atoms with van der Waals surface area (Å²) in [4.78, 5) is 4.12. The van der Waals surface area contributed by atoms with E-state index >= 15 is 0 Å². The van der Waals surface area contributed by atoms with E-state index in [1.54, 1.807) is 13.3 Å². The van der Waals surface area contributed by atoms with Crippen molar-refractivity contribution in [3.63, 3.8) is 0 Å². The van der Waals surface area contributed by atoms with Gasteiger partial charge in [0.15, 0.2) is 0 Å². The third-order valence-electron chi connectivity index (χ3n) is 1.81. The molecular formula is C9H15N3O. The summed E-state index contributed by atoms with van der Waals surface area (Å²) in [5, 5.41) is 3.09. The summed E-state index contributed by atoms with van der Waals surface area (Å²) in [7, 11) is 1.66. The van der Waals surface area contributed by atoms with E-state index in [-0.39, 0.29) is 0 Å². The molecule has 0 aliphatic heterocycles. The largest absolute Gasteiger partial charge is 0.396 e. The van der Waals surface area contributed by atoms with E-state index in [1.807, 2.05) is 13.0 Å². The second-order valence-corrected chi connectivity index (χ2v) is 2.81. The summed E-state index contributed by atoms with van der Waals surface area (Å²) in [6, 6.07) is 1.89. The lowest BCUT2D eigenvalue weighted by molar-refractivity contribution is 0.210. The SMILES string of the molecule is COCCNc1nccc(C)c1N. The highest BCUT2D eigenvalue weighted by Crippen LogP contribution is 2.17. The topological polar surface area (TPSA) is 60.2 Å². The van der Waals surface area contributed by atoms with Gasteiger partial charge in [0.25, 0.3) is 0 Å². The van der Waals surface area contributed by atoms with E-state index in [1.165, 1.54) is 0 Å². The highest BCUT2D eigenvalue weighted by molar-refractivity contribution is 5.64. The van der Waals surface area contributed by atoms with Gasteiger partial charge in [-0.05, 0) is 18.6 Å². The Kier molecular flexibility index (Phi) is 3.52. The first-order valence-corrected chi connectivity index (χ1v) is 4.19. The Morgan fingerprint density at radius 3 is 3.08 bits per heavy atom. The number of anilines is 2. The third-order valence-corrected chi connectivity index (χ3v) is 1.81. The maximum absolute atomic E-state index is 5.80. The van der Waals surface area contributed by atoms with Crippen molar-refractivity contribution in [1.29, 1.82) is 0 Å². The molecule has 0 atom stereocenters. The summed E-state index contributed by atoms with van der Waals surface area (Å²) in [5.74, 6) is 0.733. The van der Waals surface area contributed by atoms with Gasteiger partial charge in [-0.15, -0.1) is 0 Å². The number of methoxy groups -OCH3 is 1. The maximum Gasteiger partial charge on any atom is 0.149 e. The fraction of sp³-hybridized carbons (Fsp3) is 0.444. The van der Waals surface area contributed by atoms with Gasteiger partial charge in [-0.2, -0.15) is 0 Å². The number of ether oxygens (including phenoxy) is 1. The molecule has 0 saturated carbocycles. The van der Waals surface area contributed by atoms with Crippen LogP contribution in [0.5, 0.6) is 0 Å². The van der Waals surface area contributed by atoms with Gasteiger partial charge in [0.1, 0.15) is 5.82 Å². The average molecular weight is 181 g/mol. The summed E-state index contributed by atoms with van der Waals surface area (Å²) in [5.41, 5.74) is 7.54. The van der Waals surface area contributed by atoms with Crippen molar-refractivity contribution >= 4 is 11.5 Å². The zero-order chi connectivity index (χ0) is 9.68. The van der Waals surface area contributed by atoms with Crippen molar-refractivity contribution in [2.75, 3.05) is 31.3 Å². The van der Waals surface area contributed by atoms with Crippen LogP contribution >= 0.6 is 0 Å². The van der Waals surface area contributed by atoms with E-state index in [2.05, 4.69) is 10.3 Å². The van der Waals surface area contributed by atoms with Gasteiger partial charge in [0.2, 0.25) is 0 Å². The summed E-state index contributed by atoms with van der Waals surface area (Å²) in [6.07, 6.45) is 1.74. The lowest BCUT2D eigenvalue weighted by Crippen LogP contribution is -2.10. The Bertz CT molecular complexity index is 276. The number of hydrogen-bond acceptors (Lipinski definition) is 4. The lowest BCUT2D eigenvalue weighted by Gasteiger charge is -2.08. The molecule has 0 bridgehead atoms. The predicted molar refractivity (Wildman–Crippen MR) is 53.8 cm³/mol. The van der Waals surface area contributed by atoms with E-state index in [0.717, 1.165) is 17.9 Å². The third kappa shape index (κ3) is 2.59. The van der Waals surface area contributed by atoms with Crippen molar-refractivity contribution < 1.29 is 4.74 Å². The molecule has 0 saturated heterocycles. The minimum absolute atomic E-state index is 0.648. The summed E-state index contributed by atoms with van der Waals surface area (Å²) < 4.78 is 4.90.